The van der Waals surface area contributed by atoms with Crippen LogP contribution in [0.5, 0.6) is 0 Å². The summed E-state index contributed by atoms with van der Waals surface area (Å²) in [5, 5.41) is 0. The second kappa shape index (κ2) is 7.17. The Balaban J connectivity index is 1.35. The Morgan fingerprint density at radius 3 is 2.68 bits per heavy atom. The Bertz CT molecular complexity index is 880. The van der Waals surface area contributed by atoms with Crippen molar-refractivity contribution < 1.29 is 9.53 Å². The second-order valence-electron chi connectivity index (χ2n) is 7.99. The summed E-state index contributed by atoms with van der Waals surface area (Å²) in [4.78, 5) is 26.9. The van der Waals surface area contributed by atoms with Crippen LogP contribution in [0.2, 0.25) is 0 Å². The summed E-state index contributed by atoms with van der Waals surface area (Å²) in [6, 6.07) is 10.4. The van der Waals surface area contributed by atoms with E-state index in [1.54, 1.807) is 0 Å². The number of anilines is 1. The van der Waals surface area contributed by atoms with Crippen LogP contribution < -0.4 is 4.90 Å². The summed E-state index contributed by atoms with van der Waals surface area (Å²) in [6.45, 7) is 6.46. The number of amides is 1. The second-order valence-corrected chi connectivity index (χ2v) is 7.99. The summed E-state index contributed by atoms with van der Waals surface area (Å²) in [6.07, 6.45) is 1.78. The highest BCUT2D eigenvalue weighted by atomic mass is 16.5. The van der Waals surface area contributed by atoms with Gasteiger partial charge in [0.15, 0.2) is 0 Å². The van der Waals surface area contributed by atoms with Gasteiger partial charge in [-0.15, -0.1) is 0 Å². The van der Waals surface area contributed by atoms with Crippen LogP contribution in [0, 0.1) is 12.8 Å². The van der Waals surface area contributed by atoms with Crippen LogP contribution in [-0.4, -0.2) is 53.6 Å². The number of ether oxygens (including phenoxy) is 1. The highest BCUT2D eigenvalue weighted by Crippen LogP contribution is 2.48. The SMILES string of the molecule is Cc1nc2c(c(N3CCOCC3)n1)CN(C(=O)[C@H]1C[C@H]1c1ccccc1)CC2. The van der Waals surface area contributed by atoms with E-state index in [9.17, 15) is 4.79 Å². The van der Waals surface area contributed by atoms with Crippen molar-refractivity contribution in [3.05, 3.63) is 53.0 Å². The Morgan fingerprint density at radius 1 is 1.11 bits per heavy atom. The van der Waals surface area contributed by atoms with Crippen LogP contribution in [-0.2, 0) is 22.5 Å². The quantitative estimate of drug-likeness (QED) is 0.820. The fourth-order valence-corrected chi connectivity index (χ4v) is 4.51. The Morgan fingerprint density at radius 2 is 1.89 bits per heavy atom. The number of carbonyl (C=O) groups excluding carboxylic acids is 1. The van der Waals surface area contributed by atoms with Crippen LogP contribution in [0.1, 0.15) is 35.0 Å². The minimum atomic E-state index is 0.127. The normalized spacial score (nSPS) is 24.0. The van der Waals surface area contributed by atoms with E-state index < -0.39 is 0 Å². The summed E-state index contributed by atoms with van der Waals surface area (Å²) in [5.74, 6) is 2.60. The molecular weight excluding hydrogens is 352 g/mol. The monoisotopic (exact) mass is 378 g/mol. The first-order valence-electron chi connectivity index (χ1n) is 10.2. The van der Waals surface area contributed by atoms with Crippen molar-refractivity contribution in [2.75, 3.05) is 37.7 Å². The molecule has 3 heterocycles. The molecule has 146 valence electrons. The molecule has 1 amide bonds. The van der Waals surface area contributed by atoms with Gasteiger partial charge in [0.05, 0.1) is 25.5 Å². The summed E-state index contributed by atoms with van der Waals surface area (Å²) in [7, 11) is 0. The molecule has 1 aromatic heterocycles. The lowest BCUT2D eigenvalue weighted by atomic mass is 10.0. The standard InChI is InChI=1S/C22H26N4O2/c1-15-23-20-7-8-26(14-19(20)21(24-15)25-9-11-28-12-10-25)22(27)18-13-17(18)16-5-3-2-4-6-16/h2-6,17-18H,7-14H2,1H3/t17-,18-/m0/s1. The predicted molar refractivity (Wildman–Crippen MR) is 106 cm³/mol. The summed E-state index contributed by atoms with van der Waals surface area (Å²) < 4.78 is 5.50. The molecule has 0 spiro atoms. The molecular formula is C22H26N4O2. The maximum atomic E-state index is 13.2. The van der Waals surface area contributed by atoms with E-state index in [1.807, 2.05) is 17.9 Å². The van der Waals surface area contributed by atoms with Gasteiger partial charge in [-0.2, -0.15) is 0 Å². The van der Waals surface area contributed by atoms with Gasteiger partial charge in [0.25, 0.3) is 0 Å². The van der Waals surface area contributed by atoms with Crippen molar-refractivity contribution in [2.24, 2.45) is 5.92 Å². The number of aromatic nitrogens is 2. The maximum absolute atomic E-state index is 13.2. The molecule has 0 radical (unpaired) electrons. The molecule has 0 bridgehead atoms. The number of benzene rings is 1. The first kappa shape index (κ1) is 17.6. The number of hydrogen-bond donors (Lipinski definition) is 0. The smallest absolute Gasteiger partial charge is 0.226 e. The lowest BCUT2D eigenvalue weighted by molar-refractivity contribution is -0.133. The predicted octanol–water partition coefficient (Wildman–Crippen LogP) is 2.31. The molecule has 1 saturated heterocycles. The Labute approximate surface area is 165 Å². The number of fused-ring (bicyclic) bond motifs is 1. The Hall–Kier alpha value is -2.47. The van der Waals surface area contributed by atoms with Crippen molar-refractivity contribution in [1.82, 2.24) is 14.9 Å². The van der Waals surface area contributed by atoms with Crippen LogP contribution >= 0.6 is 0 Å². The van der Waals surface area contributed by atoms with E-state index in [0.717, 1.165) is 68.6 Å². The van der Waals surface area contributed by atoms with E-state index in [2.05, 4.69) is 34.1 Å². The largest absolute Gasteiger partial charge is 0.378 e. The van der Waals surface area contributed by atoms with Gasteiger partial charge in [0.2, 0.25) is 5.91 Å². The number of carbonyl (C=O) groups is 1. The fourth-order valence-electron chi connectivity index (χ4n) is 4.51. The molecule has 2 fully saturated rings. The average Bonchev–Trinajstić information content (AvgIpc) is 3.54. The van der Waals surface area contributed by atoms with Gasteiger partial charge < -0.3 is 14.5 Å². The van der Waals surface area contributed by atoms with Crippen molar-refractivity contribution in [3.8, 4) is 0 Å². The third kappa shape index (κ3) is 3.26. The molecule has 2 aromatic rings. The van der Waals surface area contributed by atoms with Crippen LogP contribution in [0.25, 0.3) is 0 Å². The van der Waals surface area contributed by atoms with Gasteiger partial charge in [-0.25, -0.2) is 9.97 Å². The first-order valence-corrected chi connectivity index (χ1v) is 10.2. The number of hydrogen-bond acceptors (Lipinski definition) is 5. The topological polar surface area (TPSA) is 58.6 Å². The zero-order valence-electron chi connectivity index (χ0n) is 16.3. The van der Waals surface area contributed by atoms with Gasteiger partial charge >= 0.3 is 0 Å². The number of rotatable bonds is 3. The van der Waals surface area contributed by atoms with Crippen molar-refractivity contribution in [2.45, 2.75) is 32.2 Å². The van der Waals surface area contributed by atoms with Crippen molar-refractivity contribution in [1.29, 1.82) is 0 Å². The van der Waals surface area contributed by atoms with Gasteiger partial charge in [-0.1, -0.05) is 30.3 Å². The molecule has 1 saturated carbocycles. The molecule has 28 heavy (non-hydrogen) atoms. The molecule has 3 aliphatic rings. The molecule has 2 atom stereocenters. The molecule has 0 N–H and O–H groups in total. The van der Waals surface area contributed by atoms with Gasteiger partial charge in [-0.05, 0) is 24.8 Å². The highest BCUT2D eigenvalue weighted by Gasteiger charge is 2.46. The average molecular weight is 378 g/mol. The number of morpholine rings is 1. The Kier molecular flexibility index (Phi) is 4.51. The lowest BCUT2D eigenvalue weighted by Gasteiger charge is -2.34. The van der Waals surface area contributed by atoms with Gasteiger partial charge in [0.1, 0.15) is 11.6 Å². The molecule has 6 heteroatoms. The van der Waals surface area contributed by atoms with Crippen molar-refractivity contribution >= 4 is 11.7 Å². The zero-order valence-corrected chi connectivity index (χ0v) is 16.3. The molecule has 1 aliphatic carbocycles. The van der Waals surface area contributed by atoms with E-state index >= 15 is 0 Å². The van der Waals surface area contributed by atoms with E-state index in [1.165, 1.54) is 5.56 Å². The van der Waals surface area contributed by atoms with E-state index in [4.69, 9.17) is 9.72 Å². The van der Waals surface area contributed by atoms with E-state index in [0.29, 0.717) is 12.5 Å². The van der Waals surface area contributed by atoms with E-state index in [-0.39, 0.29) is 11.8 Å². The molecule has 5 rings (SSSR count). The van der Waals surface area contributed by atoms with Crippen LogP contribution in [0.3, 0.4) is 0 Å². The molecule has 2 aliphatic heterocycles. The minimum absolute atomic E-state index is 0.127. The molecule has 0 unspecified atom stereocenters. The maximum Gasteiger partial charge on any atom is 0.226 e. The third-order valence-corrected chi connectivity index (χ3v) is 6.11. The van der Waals surface area contributed by atoms with Crippen LogP contribution in [0.4, 0.5) is 5.82 Å². The third-order valence-electron chi connectivity index (χ3n) is 6.11. The highest BCUT2D eigenvalue weighted by molar-refractivity contribution is 5.83. The number of nitrogens with zero attached hydrogens (tertiary/aromatic N) is 4. The van der Waals surface area contributed by atoms with Crippen LogP contribution in [0.15, 0.2) is 30.3 Å². The van der Waals surface area contributed by atoms with Crippen molar-refractivity contribution in [3.63, 3.8) is 0 Å². The molecule has 1 aromatic carbocycles. The molecule has 6 nitrogen and oxygen atoms in total. The first-order chi connectivity index (χ1) is 13.7. The summed E-state index contributed by atoms with van der Waals surface area (Å²) in [5.41, 5.74) is 3.52. The lowest BCUT2D eigenvalue weighted by Crippen LogP contribution is -2.41. The number of aryl methyl sites for hydroxylation is 1. The summed E-state index contributed by atoms with van der Waals surface area (Å²) >= 11 is 0. The minimum Gasteiger partial charge on any atom is -0.378 e. The zero-order chi connectivity index (χ0) is 19.1. The fraction of sp³-hybridized carbons (Fsp3) is 0.500. The van der Waals surface area contributed by atoms with Gasteiger partial charge in [-0.3, -0.25) is 4.79 Å². The van der Waals surface area contributed by atoms with Gasteiger partial charge in [0, 0.05) is 37.5 Å².